The Kier molecular flexibility index (Phi) is 8.75. The van der Waals surface area contributed by atoms with Crippen LogP contribution in [0.15, 0.2) is 0 Å². The van der Waals surface area contributed by atoms with Crippen LogP contribution in [-0.4, -0.2) is 69.7 Å². The van der Waals surface area contributed by atoms with Crippen molar-refractivity contribution in [2.24, 2.45) is 5.73 Å². The Labute approximate surface area is 110 Å². The predicted molar refractivity (Wildman–Crippen MR) is 73.5 cm³/mol. The monoisotopic (exact) mass is 257 g/mol. The molecule has 0 aliphatic carbocycles. The van der Waals surface area contributed by atoms with Crippen molar-refractivity contribution >= 4 is 5.91 Å². The van der Waals surface area contributed by atoms with Gasteiger partial charge in [0.25, 0.3) is 0 Å². The van der Waals surface area contributed by atoms with Crippen LogP contribution in [0.25, 0.3) is 0 Å². The van der Waals surface area contributed by atoms with Gasteiger partial charge >= 0.3 is 0 Å². The summed E-state index contributed by atoms with van der Waals surface area (Å²) in [6.07, 6.45) is 2.18. The lowest BCUT2D eigenvalue weighted by Crippen LogP contribution is -2.40. The molecule has 1 amide bonds. The molecule has 0 saturated carbocycles. The second-order valence-electron chi connectivity index (χ2n) is 4.70. The number of amides is 1. The maximum Gasteiger partial charge on any atom is 0.231 e. The van der Waals surface area contributed by atoms with E-state index >= 15 is 0 Å². The molecular weight excluding hydrogens is 230 g/mol. The largest absolute Gasteiger partial charge is 0.369 e. The van der Waals surface area contributed by atoms with E-state index in [1.165, 1.54) is 0 Å². The summed E-state index contributed by atoms with van der Waals surface area (Å²) in [5.41, 5.74) is 5.26. The second-order valence-corrected chi connectivity index (χ2v) is 4.70. The van der Waals surface area contributed by atoms with Crippen molar-refractivity contribution in [3.05, 3.63) is 0 Å². The number of rotatable bonds is 2. The third-order valence-corrected chi connectivity index (χ3v) is 3.00. The van der Waals surface area contributed by atoms with Crippen LogP contribution in [-0.2, 0) is 4.79 Å². The van der Waals surface area contributed by atoms with Crippen molar-refractivity contribution in [1.82, 2.24) is 20.9 Å². The molecule has 1 saturated heterocycles. The number of carbonyl (C=O) groups excluding carboxylic acids is 1. The van der Waals surface area contributed by atoms with E-state index in [9.17, 15) is 4.79 Å². The lowest BCUT2D eigenvalue weighted by atomic mass is 10.3. The summed E-state index contributed by atoms with van der Waals surface area (Å²) < 4.78 is 0. The third-order valence-electron chi connectivity index (χ3n) is 3.00. The van der Waals surface area contributed by atoms with E-state index < -0.39 is 0 Å². The van der Waals surface area contributed by atoms with Crippen LogP contribution in [0.5, 0.6) is 0 Å². The standard InChI is InChI=1S/C12H27N5O/c13-12(18)11-17-9-2-5-15-7-6-14-3-1-4-16-8-10-17/h14-16H,1-11H2,(H2,13,18). The van der Waals surface area contributed by atoms with E-state index in [4.69, 9.17) is 5.73 Å². The van der Waals surface area contributed by atoms with Gasteiger partial charge in [-0.15, -0.1) is 0 Å². The first-order valence-corrected chi connectivity index (χ1v) is 6.92. The highest BCUT2D eigenvalue weighted by Gasteiger charge is 2.07. The normalized spacial score (nSPS) is 22.2. The van der Waals surface area contributed by atoms with E-state index in [1.807, 2.05) is 0 Å². The van der Waals surface area contributed by atoms with Gasteiger partial charge in [-0.1, -0.05) is 0 Å². The average Bonchev–Trinajstić information content (AvgIpc) is 2.33. The summed E-state index contributed by atoms with van der Waals surface area (Å²) in [4.78, 5) is 13.1. The van der Waals surface area contributed by atoms with Crippen molar-refractivity contribution in [1.29, 1.82) is 0 Å². The highest BCUT2D eigenvalue weighted by atomic mass is 16.1. The molecular formula is C12H27N5O. The molecule has 0 aromatic carbocycles. The van der Waals surface area contributed by atoms with Crippen molar-refractivity contribution in [2.75, 3.05) is 58.9 Å². The number of hydrogen-bond donors (Lipinski definition) is 4. The number of hydrogen-bond acceptors (Lipinski definition) is 5. The molecule has 1 aliphatic heterocycles. The topological polar surface area (TPSA) is 82.4 Å². The molecule has 0 unspecified atom stereocenters. The number of nitrogens with two attached hydrogens (primary N) is 1. The van der Waals surface area contributed by atoms with E-state index in [2.05, 4.69) is 20.9 Å². The van der Waals surface area contributed by atoms with Crippen molar-refractivity contribution < 1.29 is 4.79 Å². The lowest BCUT2D eigenvalue weighted by Gasteiger charge is -2.21. The van der Waals surface area contributed by atoms with Crippen LogP contribution >= 0.6 is 0 Å². The van der Waals surface area contributed by atoms with Gasteiger partial charge in [0.05, 0.1) is 6.54 Å². The van der Waals surface area contributed by atoms with Crippen molar-refractivity contribution in [3.63, 3.8) is 0 Å². The van der Waals surface area contributed by atoms with Gasteiger partial charge in [0, 0.05) is 26.2 Å². The molecule has 106 valence electrons. The fourth-order valence-electron chi connectivity index (χ4n) is 2.05. The minimum absolute atomic E-state index is 0.242. The van der Waals surface area contributed by atoms with Crippen LogP contribution < -0.4 is 21.7 Å². The van der Waals surface area contributed by atoms with E-state index in [0.29, 0.717) is 6.54 Å². The zero-order valence-corrected chi connectivity index (χ0v) is 11.2. The Bertz CT molecular complexity index is 211. The SMILES string of the molecule is NC(=O)CN1CCCNCCNCCCNCC1. The number of nitrogens with one attached hydrogen (secondary N) is 3. The van der Waals surface area contributed by atoms with Gasteiger partial charge in [-0.2, -0.15) is 0 Å². The molecule has 1 rings (SSSR count). The molecule has 6 nitrogen and oxygen atoms in total. The van der Waals surface area contributed by atoms with Gasteiger partial charge in [0.15, 0.2) is 0 Å². The van der Waals surface area contributed by atoms with Crippen LogP contribution in [0.1, 0.15) is 12.8 Å². The molecule has 0 aromatic rings. The fraction of sp³-hybridized carbons (Fsp3) is 0.917. The lowest BCUT2D eigenvalue weighted by molar-refractivity contribution is -0.119. The molecule has 1 aliphatic rings. The Morgan fingerprint density at radius 2 is 1.50 bits per heavy atom. The minimum atomic E-state index is -0.242. The zero-order valence-electron chi connectivity index (χ0n) is 11.2. The Morgan fingerprint density at radius 3 is 2.17 bits per heavy atom. The van der Waals surface area contributed by atoms with E-state index in [1.54, 1.807) is 0 Å². The Hall–Kier alpha value is -0.690. The van der Waals surface area contributed by atoms with Gasteiger partial charge in [0.1, 0.15) is 0 Å². The number of primary amides is 1. The van der Waals surface area contributed by atoms with Gasteiger partial charge in [0.2, 0.25) is 5.91 Å². The van der Waals surface area contributed by atoms with Crippen LogP contribution in [0.2, 0.25) is 0 Å². The average molecular weight is 257 g/mol. The first-order chi connectivity index (χ1) is 8.79. The van der Waals surface area contributed by atoms with Crippen LogP contribution in [0.4, 0.5) is 0 Å². The maximum absolute atomic E-state index is 11.0. The van der Waals surface area contributed by atoms with Crippen LogP contribution in [0, 0.1) is 0 Å². The summed E-state index contributed by atoms with van der Waals surface area (Å²) in [7, 11) is 0. The Morgan fingerprint density at radius 1 is 0.889 bits per heavy atom. The first-order valence-electron chi connectivity index (χ1n) is 6.92. The molecule has 0 bridgehead atoms. The predicted octanol–water partition coefficient (Wildman–Crippen LogP) is -1.66. The second kappa shape index (κ2) is 10.3. The third kappa shape index (κ3) is 8.41. The smallest absolute Gasteiger partial charge is 0.231 e. The molecule has 5 N–H and O–H groups in total. The van der Waals surface area contributed by atoms with Gasteiger partial charge < -0.3 is 21.7 Å². The van der Waals surface area contributed by atoms with Crippen LogP contribution in [0.3, 0.4) is 0 Å². The molecule has 18 heavy (non-hydrogen) atoms. The summed E-state index contributed by atoms with van der Waals surface area (Å²) in [6.45, 7) is 8.18. The fourth-order valence-corrected chi connectivity index (χ4v) is 2.05. The van der Waals surface area contributed by atoms with Crippen molar-refractivity contribution in [3.8, 4) is 0 Å². The number of carbonyl (C=O) groups is 1. The van der Waals surface area contributed by atoms with Crippen molar-refractivity contribution in [2.45, 2.75) is 12.8 Å². The molecule has 0 aromatic heterocycles. The van der Waals surface area contributed by atoms with E-state index in [-0.39, 0.29) is 5.91 Å². The summed E-state index contributed by atoms with van der Waals surface area (Å²) >= 11 is 0. The number of nitrogens with zero attached hydrogens (tertiary/aromatic N) is 1. The molecule has 0 spiro atoms. The maximum atomic E-state index is 11.0. The zero-order chi connectivity index (χ0) is 13.1. The molecule has 1 heterocycles. The van der Waals surface area contributed by atoms with Gasteiger partial charge in [-0.25, -0.2) is 0 Å². The quantitative estimate of drug-likeness (QED) is 0.476. The highest BCUT2D eigenvalue weighted by molar-refractivity contribution is 5.75. The minimum Gasteiger partial charge on any atom is -0.369 e. The van der Waals surface area contributed by atoms with Gasteiger partial charge in [-0.05, 0) is 39.0 Å². The summed E-state index contributed by atoms with van der Waals surface area (Å²) in [5, 5.41) is 10.2. The Balaban J connectivity index is 2.26. The molecule has 6 heteroatoms. The molecule has 1 fully saturated rings. The van der Waals surface area contributed by atoms with Gasteiger partial charge in [-0.3, -0.25) is 9.69 Å². The highest BCUT2D eigenvalue weighted by Crippen LogP contribution is 1.90. The first kappa shape index (κ1) is 15.4. The molecule has 0 atom stereocenters. The molecule has 0 radical (unpaired) electrons. The summed E-state index contributed by atoms with van der Waals surface area (Å²) in [5.74, 6) is -0.242. The van der Waals surface area contributed by atoms with E-state index in [0.717, 1.165) is 65.2 Å². The summed E-state index contributed by atoms with van der Waals surface area (Å²) in [6, 6.07) is 0.